The smallest absolute Gasteiger partial charge is 0.333 e. The van der Waals surface area contributed by atoms with E-state index in [4.69, 9.17) is 9.47 Å². The molecule has 0 aromatic heterocycles. The van der Waals surface area contributed by atoms with Gasteiger partial charge in [-0.1, -0.05) is 30.7 Å². The fraction of sp³-hybridized carbons (Fsp3) is 0.652. The van der Waals surface area contributed by atoms with E-state index in [9.17, 15) is 14.7 Å². The SMILES string of the molecule is COC(=O)/C(=C/[C@H](C[C@@H](C)[C@H]1C=C[C@](C)(O)CC1)OC(C)=O)CCC=C(C)C. The summed E-state index contributed by atoms with van der Waals surface area (Å²) in [4.78, 5) is 23.8. The summed E-state index contributed by atoms with van der Waals surface area (Å²) in [6.45, 7) is 9.33. The molecule has 5 nitrogen and oxygen atoms in total. The van der Waals surface area contributed by atoms with Crippen LogP contribution >= 0.6 is 0 Å². The molecule has 0 spiro atoms. The van der Waals surface area contributed by atoms with E-state index in [0.29, 0.717) is 30.8 Å². The van der Waals surface area contributed by atoms with Gasteiger partial charge in [-0.15, -0.1) is 0 Å². The zero-order valence-corrected chi connectivity index (χ0v) is 18.2. The van der Waals surface area contributed by atoms with Gasteiger partial charge < -0.3 is 14.6 Å². The number of carbonyl (C=O) groups excluding carboxylic acids is 2. The number of ether oxygens (including phenoxy) is 2. The molecule has 0 amide bonds. The summed E-state index contributed by atoms with van der Waals surface area (Å²) in [5, 5.41) is 10.1. The average molecular weight is 393 g/mol. The fourth-order valence-corrected chi connectivity index (χ4v) is 3.47. The van der Waals surface area contributed by atoms with Gasteiger partial charge in [0.1, 0.15) is 6.10 Å². The number of methoxy groups -OCH3 is 1. The van der Waals surface area contributed by atoms with Crippen molar-refractivity contribution in [1.29, 1.82) is 0 Å². The molecule has 1 aliphatic rings. The van der Waals surface area contributed by atoms with Gasteiger partial charge in [0.05, 0.1) is 12.7 Å². The van der Waals surface area contributed by atoms with Crippen LogP contribution in [-0.4, -0.2) is 35.9 Å². The van der Waals surface area contributed by atoms with E-state index in [1.807, 2.05) is 26.8 Å². The molecule has 0 aliphatic heterocycles. The number of esters is 2. The fourth-order valence-electron chi connectivity index (χ4n) is 3.47. The number of rotatable bonds is 9. The van der Waals surface area contributed by atoms with Gasteiger partial charge >= 0.3 is 11.9 Å². The minimum Gasteiger partial charge on any atom is -0.466 e. The van der Waals surface area contributed by atoms with E-state index in [0.717, 1.165) is 12.8 Å². The van der Waals surface area contributed by atoms with Crippen LogP contribution in [0.4, 0.5) is 0 Å². The number of allylic oxidation sites excluding steroid dienone is 3. The van der Waals surface area contributed by atoms with Crippen LogP contribution in [0.5, 0.6) is 0 Å². The molecule has 1 rings (SSSR count). The summed E-state index contributed by atoms with van der Waals surface area (Å²) < 4.78 is 10.4. The third kappa shape index (κ3) is 8.87. The van der Waals surface area contributed by atoms with Gasteiger partial charge in [-0.25, -0.2) is 4.79 Å². The first kappa shape index (κ1) is 24.2. The lowest BCUT2D eigenvalue weighted by Gasteiger charge is -2.31. The Balaban J connectivity index is 2.93. The van der Waals surface area contributed by atoms with Gasteiger partial charge in [0.15, 0.2) is 0 Å². The third-order valence-corrected chi connectivity index (χ3v) is 5.14. The Morgan fingerprint density at radius 2 is 2.00 bits per heavy atom. The number of hydrogen-bond acceptors (Lipinski definition) is 5. The summed E-state index contributed by atoms with van der Waals surface area (Å²) in [7, 11) is 1.36. The first-order chi connectivity index (χ1) is 13.0. The molecule has 0 aromatic carbocycles. The summed E-state index contributed by atoms with van der Waals surface area (Å²) in [5.74, 6) is -0.215. The van der Waals surface area contributed by atoms with Crippen molar-refractivity contribution in [2.45, 2.75) is 78.4 Å². The van der Waals surface area contributed by atoms with E-state index in [1.54, 1.807) is 6.08 Å². The first-order valence-corrected chi connectivity index (χ1v) is 10.1. The Hall–Kier alpha value is -1.88. The van der Waals surface area contributed by atoms with Gasteiger partial charge in [-0.2, -0.15) is 0 Å². The monoisotopic (exact) mass is 392 g/mol. The third-order valence-electron chi connectivity index (χ3n) is 5.14. The van der Waals surface area contributed by atoms with Crippen LogP contribution in [0.1, 0.15) is 66.7 Å². The highest BCUT2D eigenvalue weighted by molar-refractivity contribution is 5.88. The quantitative estimate of drug-likeness (QED) is 0.355. The van der Waals surface area contributed by atoms with Crippen LogP contribution in [0.2, 0.25) is 0 Å². The molecule has 0 fully saturated rings. The van der Waals surface area contributed by atoms with Crippen molar-refractivity contribution in [3.8, 4) is 0 Å². The van der Waals surface area contributed by atoms with Gasteiger partial charge in [-0.05, 0) is 70.8 Å². The topological polar surface area (TPSA) is 72.8 Å². The maximum absolute atomic E-state index is 12.2. The van der Waals surface area contributed by atoms with Crippen molar-refractivity contribution >= 4 is 11.9 Å². The van der Waals surface area contributed by atoms with E-state index >= 15 is 0 Å². The largest absolute Gasteiger partial charge is 0.466 e. The molecule has 0 saturated carbocycles. The van der Waals surface area contributed by atoms with Crippen LogP contribution in [0.25, 0.3) is 0 Å². The Morgan fingerprint density at radius 3 is 2.50 bits per heavy atom. The van der Waals surface area contributed by atoms with Crippen LogP contribution < -0.4 is 0 Å². The predicted octanol–water partition coefficient (Wildman–Crippen LogP) is 4.51. The zero-order valence-electron chi connectivity index (χ0n) is 18.2. The Kier molecular flexibility index (Phi) is 9.66. The highest BCUT2D eigenvalue weighted by Gasteiger charge is 2.28. The van der Waals surface area contributed by atoms with Crippen LogP contribution in [0, 0.1) is 11.8 Å². The van der Waals surface area contributed by atoms with E-state index < -0.39 is 11.7 Å². The maximum Gasteiger partial charge on any atom is 0.333 e. The normalized spacial score (nSPS) is 24.2. The molecule has 0 radical (unpaired) electrons. The van der Waals surface area contributed by atoms with Crippen molar-refractivity contribution < 1.29 is 24.2 Å². The Morgan fingerprint density at radius 1 is 1.32 bits per heavy atom. The molecule has 158 valence electrons. The van der Waals surface area contributed by atoms with E-state index in [1.165, 1.54) is 19.6 Å². The maximum atomic E-state index is 12.2. The minimum atomic E-state index is -0.742. The molecule has 1 N–H and O–H groups in total. The summed E-state index contributed by atoms with van der Waals surface area (Å²) >= 11 is 0. The van der Waals surface area contributed by atoms with E-state index in [-0.39, 0.29) is 17.9 Å². The highest BCUT2D eigenvalue weighted by Crippen LogP contribution is 2.32. The van der Waals surface area contributed by atoms with Gasteiger partial charge in [0, 0.05) is 12.5 Å². The van der Waals surface area contributed by atoms with Crippen molar-refractivity contribution in [2.75, 3.05) is 7.11 Å². The van der Waals surface area contributed by atoms with Crippen LogP contribution in [0.3, 0.4) is 0 Å². The first-order valence-electron chi connectivity index (χ1n) is 10.1. The Bertz CT molecular complexity index is 623. The minimum absolute atomic E-state index is 0.240. The lowest BCUT2D eigenvalue weighted by atomic mass is 9.78. The van der Waals surface area contributed by atoms with Gasteiger partial charge in [-0.3, -0.25) is 4.79 Å². The molecular formula is C23H36O5. The van der Waals surface area contributed by atoms with Gasteiger partial charge in [0.25, 0.3) is 0 Å². The van der Waals surface area contributed by atoms with Crippen LogP contribution in [-0.2, 0) is 19.1 Å². The van der Waals surface area contributed by atoms with Crippen molar-refractivity contribution in [1.82, 2.24) is 0 Å². The highest BCUT2D eigenvalue weighted by atomic mass is 16.5. The Labute approximate surface area is 169 Å². The summed E-state index contributed by atoms with van der Waals surface area (Å²) in [5.41, 5.74) is 0.976. The number of aliphatic hydroxyl groups is 1. The molecule has 0 heterocycles. The molecular weight excluding hydrogens is 356 g/mol. The van der Waals surface area contributed by atoms with Gasteiger partial charge in [0.2, 0.25) is 0 Å². The molecule has 5 heteroatoms. The van der Waals surface area contributed by atoms with Crippen molar-refractivity contribution in [2.24, 2.45) is 11.8 Å². The number of carbonyl (C=O) groups is 2. The lowest BCUT2D eigenvalue weighted by Crippen LogP contribution is -2.29. The molecule has 0 unspecified atom stereocenters. The second-order valence-corrected chi connectivity index (χ2v) is 8.28. The van der Waals surface area contributed by atoms with E-state index in [2.05, 4.69) is 19.1 Å². The lowest BCUT2D eigenvalue weighted by molar-refractivity contribution is -0.145. The molecule has 0 aromatic rings. The average Bonchev–Trinajstić information content (AvgIpc) is 2.59. The second kappa shape index (κ2) is 11.2. The van der Waals surface area contributed by atoms with Crippen molar-refractivity contribution in [3.05, 3.63) is 35.5 Å². The molecule has 28 heavy (non-hydrogen) atoms. The molecule has 0 saturated heterocycles. The summed E-state index contributed by atoms with van der Waals surface area (Å²) in [6.07, 6.45) is 10.7. The molecule has 0 bridgehead atoms. The predicted molar refractivity (Wildman–Crippen MR) is 111 cm³/mol. The molecule has 4 atom stereocenters. The summed E-state index contributed by atoms with van der Waals surface area (Å²) in [6, 6.07) is 0. The van der Waals surface area contributed by atoms with Crippen molar-refractivity contribution in [3.63, 3.8) is 0 Å². The van der Waals surface area contributed by atoms with Crippen LogP contribution in [0.15, 0.2) is 35.5 Å². The standard InChI is InChI=1S/C23H36O5/c1-16(2)8-7-9-20(22(25)27-6)15-21(28-18(4)24)14-17(3)19-10-12-23(5,26)13-11-19/h8,10,12,15,17,19,21,26H,7,9,11,13-14H2,1-6H3/b20-15+/t17-,19+,21+,23+/m1/s1. The second-order valence-electron chi connectivity index (χ2n) is 8.28. The zero-order chi connectivity index (χ0) is 21.3. The molecule has 1 aliphatic carbocycles. The number of hydrogen-bond donors (Lipinski definition) is 1.